The Balaban J connectivity index is 1.67. The molecule has 6 heteroatoms. The number of amides is 1. The number of hydrogen-bond acceptors (Lipinski definition) is 4. The molecule has 0 aliphatic carbocycles. The van der Waals surface area contributed by atoms with Crippen molar-refractivity contribution in [2.45, 2.75) is 13.3 Å². The van der Waals surface area contributed by atoms with E-state index in [9.17, 15) is 9.59 Å². The molecule has 1 heterocycles. The summed E-state index contributed by atoms with van der Waals surface area (Å²) in [4.78, 5) is 26.9. The van der Waals surface area contributed by atoms with Crippen molar-refractivity contribution in [2.24, 2.45) is 5.10 Å². The summed E-state index contributed by atoms with van der Waals surface area (Å²) < 4.78 is 5.48. The van der Waals surface area contributed by atoms with Crippen LogP contribution in [0.25, 0.3) is 10.9 Å². The van der Waals surface area contributed by atoms with Crippen molar-refractivity contribution < 1.29 is 9.53 Å². The fourth-order valence-electron chi connectivity index (χ4n) is 2.41. The molecule has 3 rings (SSSR count). The Labute approximate surface area is 150 Å². The van der Waals surface area contributed by atoms with Gasteiger partial charge in [0.05, 0.1) is 18.4 Å². The Kier molecular flexibility index (Phi) is 5.43. The molecule has 1 amide bonds. The van der Waals surface area contributed by atoms with Gasteiger partial charge in [0.15, 0.2) is 0 Å². The number of ether oxygens (including phenoxy) is 1. The number of benzene rings is 2. The predicted molar refractivity (Wildman–Crippen MR) is 102 cm³/mol. The Hall–Kier alpha value is -3.41. The van der Waals surface area contributed by atoms with E-state index in [-0.39, 0.29) is 11.5 Å². The summed E-state index contributed by atoms with van der Waals surface area (Å²) in [6.45, 7) is 2.66. The average molecular weight is 349 g/mol. The lowest BCUT2D eigenvalue weighted by Crippen LogP contribution is -2.19. The van der Waals surface area contributed by atoms with E-state index in [1.165, 1.54) is 6.21 Å². The number of carbonyl (C=O) groups is 1. The third-order valence-electron chi connectivity index (χ3n) is 3.74. The van der Waals surface area contributed by atoms with Crippen LogP contribution < -0.4 is 15.7 Å². The topological polar surface area (TPSA) is 83.5 Å². The van der Waals surface area contributed by atoms with E-state index < -0.39 is 0 Å². The Morgan fingerprint density at radius 3 is 2.73 bits per heavy atom. The minimum atomic E-state index is -0.361. The monoisotopic (exact) mass is 349 g/mol. The maximum atomic E-state index is 12.1. The van der Waals surface area contributed by atoms with Gasteiger partial charge >= 0.3 is 0 Å². The van der Waals surface area contributed by atoms with Crippen LogP contribution in [0.4, 0.5) is 0 Å². The molecule has 0 aliphatic rings. The Bertz CT molecular complexity index is 991. The van der Waals surface area contributed by atoms with Crippen molar-refractivity contribution in [1.29, 1.82) is 0 Å². The summed E-state index contributed by atoms with van der Waals surface area (Å²) in [6.07, 6.45) is 2.26. The van der Waals surface area contributed by atoms with Crippen molar-refractivity contribution in [1.82, 2.24) is 10.4 Å². The van der Waals surface area contributed by atoms with Crippen LogP contribution >= 0.6 is 0 Å². The summed E-state index contributed by atoms with van der Waals surface area (Å²) >= 11 is 0. The third-order valence-corrected chi connectivity index (χ3v) is 3.74. The van der Waals surface area contributed by atoms with E-state index in [4.69, 9.17) is 4.74 Å². The number of hydrogen-bond donors (Lipinski definition) is 2. The van der Waals surface area contributed by atoms with Gasteiger partial charge in [0.1, 0.15) is 5.75 Å². The van der Waals surface area contributed by atoms with Gasteiger partial charge in [-0.05, 0) is 48.2 Å². The van der Waals surface area contributed by atoms with Crippen LogP contribution in [0.3, 0.4) is 0 Å². The lowest BCUT2D eigenvalue weighted by molar-refractivity contribution is 0.0955. The molecule has 0 aliphatic heterocycles. The number of nitrogens with zero attached hydrogens (tertiary/aromatic N) is 1. The first kappa shape index (κ1) is 17.4. The maximum absolute atomic E-state index is 12.1. The number of rotatable bonds is 6. The fourth-order valence-corrected chi connectivity index (χ4v) is 2.41. The summed E-state index contributed by atoms with van der Waals surface area (Å²) in [6, 6.07) is 16.0. The lowest BCUT2D eigenvalue weighted by Gasteiger charge is -2.05. The minimum absolute atomic E-state index is 0.265. The largest absolute Gasteiger partial charge is 0.494 e. The van der Waals surface area contributed by atoms with Crippen molar-refractivity contribution in [3.63, 3.8) is 0 Å². The smallest absolute Gasteiger partial charge is 0.271 e. The lowest BCUT2D eigenvalue weighted by atomic mass is 10.2. The highest BCUT2D eigenvalue weighted by Crippen LogP contribution is 2.12. The van der Waals surface area contributed by atoms with Gasteiger partial charge < -0.3 is 9.72 Å². The Morgan fingerprint density at radius 1 is 1.19 bits per heavy atom. The molecule has 0 bridgehead atoms. The summed E-state index contributed by atoms with van der Waals surface area (Å²) in [5.74, 6) is 0.357. The van der Waals surface area contributed by atoms with E-state index in [0.717, 1.165) is 23.1 Å². The van der Waals surface area contributed by atoms with E-state index in [2.05, 4.69) is 15.5 Å². The van der Waals surface area contributed by atoms with Gasteiger partial charge in [-0.15, -0.1) is 0 Å². The molecule has 0 fully saturated rings. The number of aromatic nitrogens is 1. The van der Waals surface area contributed by atoms with Crippen molar-refractivity contribution in [3.05, 3.63) is 76.1 Å². The van der Waals surface area contributed by atoms with Crippen LogP contribution in [-0.2, 0) is 0 Å². The predicted octanol–water partition coefficient (Wildman–Crippen LogP) is 3.08. The first-order valence-corrected chi connectivity index (χ1v) is 8.35. The van der Waals surface area contributed by atoms with Crippen LogP contribution in [0.2, 0.25) is 0 Å². The zero-order valence-corrected chi connectivity index (χ0v) is 14.4. The molecule has 0 atom stereocenters. The van der Waals surface area contributed by atoms with E-state index in [1.54, 1.807) is 30.3 Å². The number of nitrogens with one attached hydrogen (secondary N) is 2. The zero-order chi connectivity index (χ0) is 18.4. The van der Waals surface area contributed by atoms with Gasteiger partial charge in [0, 0.05) is 11.1 Å². The van der Waals surface area contributed by atoms with Gasteiger partial charge in [-0.25, -0.2) is 5.43 Å². The number of hydrazone groups is 1. The second-order valence-electron chi connectivity index (χ2n) is 5.71. The van der Waals surface area contributed by atoms with E-state index >= 15 is 0 Å². The summed E-state index contributed by atoms with van der Waals surface area (Å²) in [5.41, 5.74) is 3.74. The first-order chi connectivity index (χ1) is 12.7. The fraction of sp³-hybridized carbons (Fsp3) is 0.150. The standard InChI is InChI=1S/C20H19N3O3/c1-2-11-26-17-9-7-14(8-10-17)20(25)23-21-13-16-12-15-5-3-4-6-18(15)22-19(16)24/h3-10,12-13H,2,11H2,1H3,(H,22,24)(H,23,25)/b21-13+. The number of aromatic amines is 1. The van der Waals surface area contributed by atoms with Gasteiger partial charge in [0.2, 0.25) is 0 Å². The maximum Gasteiger partial charge on any atom is 0.271 e. The molecule has 0 unspecified atom stereocenters. The molecule has 0 spiro atoms. The molecule has 0 radical (unpaired) electrons. The molecule has 0 saturated carbocycles. The SMILES string of the molecule is CCCOc1ccc(C(=O)N/N=C/c2cc3ccccc3[nH]c2=O)cc1. The number of para-hydroxylation sites is 1. The summed E-state index contributed by atoms with van der Waals surface area (Å²) in [5, 5.41) is 4.77. The third kappa shape index (κ3) is 4.16. The average Bonchev–Trinajstić information content (AvgIpc) is 2.67. The molecular weight excluding hydrogens is 330 g/mol. The minimum Gasteiger partial charge on any atom is -0.494 e. The summed E-state index contributed by atoms with van der Waals surface area (Å²) in [7, 11) is 0. The van der Waals surface area contributed by atoms with Crippen LogP contribution in [0, 0.1) is 0 Å². The molecule has 1 aromatic heterocycles. The van der Waals surface area contributed by atoms with Gasteiger partial charge in [0.25, 0.3) is 11.5 Å². The molecule has 2 N–H and O–H groups in total. The van der Waals surface area contributed by atoms with Crippen LogP contribution in [0.15, 0.2) is 64.5 Å². The van der Waals surface area contributed by atoms with Crippen LogP contribution in [0.5, 0.6) is 5.75 Å². The van der Waals surface area contributed by atoms with Crippen molar-refractivity contribution >= 4 is 23.0 Å². The van der Waals surface area contributed by atoms with Crippen LogP contribution in [0.1, 0.15) is 29.3 Å². The van der Waals surface area contributed by atoms with E-state index in [0.29, 0.717) is 17.7 Å². The van der Waals surface area contributed by atoms with Gasteiger partial charge in [-0.3, -0.25) is 9.59 Å². The highest BCUT2D eigenvalue weighted by Gasteiger charge is 2.05. The molecule has 3 aromatic rings. The molecule has 26 heavy (non-hydrogen) atoms. The van der Waals surface area contributed by atoms with Gasteiger partial charge in [-0.2, -0.15) is 5.10 Å². The molecule has 132 valence electrons. The molecule has 2 aromatic carbocycles. The molecule has 0 saturated heterocycles. The highest BCUT2D eigenvalue weighted by molar-refractivity contribution is 5.95. The van der Waals surface area contributed by atoms with Crippen LogP contribution in [-0.4, -0.2) is 23.7 Å². The first-order valence-electron chi connectivity index (χ1n) is 8.35. The number of fused-ring (bicyclic) bond motifs is 1. The quantitative estimate of drug-likeness (QED) is 0.530. The van der Waals surface area contributed by atoms with Crippen molar-refractivity contribution in [3.8, 4) is 5.75 Å². The van der Waals surface area contributed by atoms with E-state index in [1.807, 2.05) is 31.2 Å². The van der Waals surface area contributed by atoms with Crippen molar-refractivity contribution in [2.75, 3.05) is 6.61 Å². The molecule has 6 nitrogen and oxygen atoms in total. The highest BCUT2D eigenvalue weighted by atomic mass is 16.5. The Morgan fingerprint density at radius 2 is 1.96 bits per heavy atom. The number of pyridine rings is 1. The number of H-pyrrole nitrogens is 1. The van der Waals surface area contributed by atoms with Gasteiger partial charge in [-0.1, -0.05) is 25.1 Å². The zero-order valence-electron chi connectivity index (χ0n) is 14.4. The second-order valence-corrected chi connectivity index (χ2v) is 5.71. The number of carbonyl (C=O) groups excluding carboxylic acids is 1. The normalized spacial score (nSPS) is 11.0. The molecular formula is C20H19N3O3. The second kappa shape index (κ2) is 8.11.